The van der Waals surface area contributed by atoms with Crippen molar-refractivity contribution in [2.75, 3.05) is 19.0 Å². The third-order valence-corrected chi connectivity index (χ3v) is 5.17. The summed E-state index contributed by atoms with van der Waals surface area (Å²) in [6.45, 7) is 2.65. The van der Waals surface area contributed by atoms with Crippen LogP contribution in [0.25, 0.3) is 0 Å². The number of ether oxygens (including phenoxy) is 2. The number of anilines is 1. The first-order chi connectivity index (χ1) is 13.2. The van der Waals surface area contributed by atoms with E-state index >= 15 is 0 Å². The zero-order valence-electron chi connectivity index (χ0n) is 15.8. The smallest absolute Gasteiger partial charge is 0.321 e. The Morgan fingerprint density at radius 1 is 1.11 bits per heavy atom. The highest BCUT2D eigenvalue weighted by Crippen LogP contribution is 2.25. The number of nitrogens with one attached hydrogen (secondary N) is 2. The van der Waals surface area contributed by atoms with Gasteiger partial charge in [0, 0.05) is 0 Å². The Balaban J connectivity index is 1.91. The lowest BCUT2D eigenvalue weighted by Crippen LogP contribution is -2.35. The molecule has 2 rings (SSSR count). The van der Waals surface area contributed by atoms with Crippen molar-refractivity contribution in [2.24, 2.45) is 0 Å². The van der Waals surface area contributed by atoms with Crippen LogP contribution in [-0.4, -0.2) is 40.1 Å². The van der Waals surface area contributed by atoms with Crippen LogP contribution in [0, 0.1) is 6.92 Å². The van der Waals surface area contributed by atoms with Gasteiger partial charge in [-0.3, -0.25) is 9.59 Å². The van der Waals surface area contributed by atoms with E-state index in [1.54, 1.807) is 30.3 Å². The summed E-state index contributed by atoms with van der Waals surface area (Å²) in [7, 11) is -2.37. The third kappa shape index (κ3) is 5.80. The van der Waals surface area contributed by atoms with Gasteiger partial charge in [0.2, 0.25) is 10.0 Å². The zero-order valence-corrected chi connectivity index (χ0v) is 16.6. The molecule has 1 atom stereocenters. The fourth-order valence-corrected chi connectivity index (χ4v) is 3.27. The number of carbonyl (C=O) groups excluding carboxylic acids is 2. The van der Waals surface area contributed by atoms with E-state index in [2.05, 4.69) is 10.0 Å². The average Bonchev–Trinajstić information content (AvgIpc) is 2.67. The second kappa shape index (κ2) is 9.34. The molecule has 0 aliphatic heterocycles. The maximum Gasteiger partial charge on any atom is 0.321 e. The predicted octanol–water partition coefficient (Wildman–Crippen LogP) is 1.85. The summed E-state index contributed by atoms with van der Waals surface area (Å²) in [5.74, 6) is -0.977. The quantitative estimate of drug-likeness (QED) is 0.648. The Morgan fingerprint density at radius 2 is 1.79 bits per heavy atom. The largest absolute Gasteiger partial charge is 0.495 e. The molecule has 0 radical (unpaired) electrons. The zero-order chi connectivity index (χ0) is 20.7. The minimum Gasteiger partial charge on any atom is -0.495 e. The minimum absolute atomic E-state index is 0.0279. The minimum atomic E-state index is -3.84. The molecule has 150 valence electrons. The molecular formula is C19H22N2O6S. The second-order valence-electron chi connectivity index (χ2n) is 5.96. The van der Waals surface area contributed by atoms with Gasteiger partial charge in [-0.1, -0.05) is 24.3 Å². The lowest BCUT2D eigenvalue weighted by Gasteiger charge is -2.16. The number of amides is 1. The van der Waals surface area contributed by atoms with Crippen LogP contribution in [-0.2, 0) is 24.3 Å². The van der Waals surface area contributed by atoms with E-state index in [0.29, 0.717) is 11.4 Å². The Bertz CT molecular complexity index is 944. The number of rotatable bonds is 8. The van der Waals surface area contributed by atoms with Crippen LogP contribution in [0.5, 0.6) is 5.75 Å². The fourth-order valence-electron chi connectivity index (χ4n) is 2.28. The predicted molar refractivity (Wildman–Crippen MR) is 104 cm³/mol. The first-order valence-corrected chi connectivity index (χ1v) is 9.91. The molecule has 2 N–H and O–H groups in total. The van der Waals surface area contributed by atoms with E-state index in [0.717, 1.165) is 5.56 Å². The van der Waals surface area contributed by atoms with Crippen LogP contribution in [0.15, 0.2) is 53.4 Å². The van der Waals surface area contributed by atoms with E-state index in [4.69, 9.17) is 9.47 Å². The molecular weight excluding hydrogens is 384 g/mol. The number of esters is 1. The maximum absolute atomic E-state index is 12.3. The van der Waals surface area contributed by atoms with E-state index < -0.39 is 34.5 Å². The number of carbonyl (C=O) groups is 2. The number of hydrogen-bond donors (Lipinski definition) is 2. The van der Waals surface area contributed by atoms with Crippen LogP contribution < -0.4 is 14.8 Å². The SMILES string of the molecule is COc1ccc(C)cc1NC(=O)[C@@H](C)OC(=O)CNS(=O)(=O)c1ccccc1. The molecule has 0 bridgehead atoms. The summed E-state index contributed by atoms with van der Waals surface area (Å²) in [6, 6.07) is 12.9. The van der Waals surface area contributed by atoms with Crippen LogP contribution in [0.4, 0.5) is 5.69 Å². The van der Waals surface area contributed by atoms with Gasteiger partial charge in [-0.25, -0.2) is 8.42 Å². The Kier molecular flexibility index (Phi) is 7.13. The Labute approximate surface area is 163 Å². The summed E-state index contributed by atoms with van der Waals surface area (Å²) in [4.78, 5) is 24.2. The highest BCUT2D eigenvalue weighted by molar-refractivity contribution is 7.89. The van der Waals surface area contributed by atoms with Crippen molar-refractivity contribution >= 4 is 27.6 Å². The van der Waals surface area contributed by atoms with Crippen LogP contribution in [0.1, 0.15) is 12.5 Å². The Hall–Kier alpha value is -2.91. The molecule has 2 aromatic carbocycles. The summed E-state index contributed by atoms with van der Waals surface area (Å²) in [6.07, 6.45) is -1.13. The van der Waals surface area contributed by atoms with E-state index in [1.165, 1.54) is 26.2 Å². The molecule has 0 spiro atoms. The van der Waals surface area contributed by atoms with Crippen LogP contribution in [0.2, 0.25) is 0 Å². The van der Waals surface area contributed by atoms with Gasteiger partial charge >= 0.3 is 5.97 Å². The first-order valence-electron chi connectivity index (χ1n) is 8.42. The molecule has 0 heterocycles. The van der Waals surface area contributed by atoms with Gasteiger partial charge in [0.15, 0.2) is 6.10 Å². The highest BCUT2D eigenvalue weighted by Gasteiger charge is 2.21. The van der Waals surface area contributed by atoms with Crippen molar-refractivity contribution in [3.05, 3.63) is 54.1 Å². The van der Waals surface area contributed by atoms with Gasteiger partial charge in [0.25, 0.3) is 5.91 Å². The van der Waals surface area contributed by atoms with Crippen molar-refractivity contribution in [2.45, 2.75) is 24.8 Å². The number of hydrogen-bond acceptors (Lipinski definition) is 6. The highest BCUT2D eigenvalue weighted by atomic mass is 32.2. The van der Waals surface area contributed by atoms with Crippen molar-refractivity contribution in [3.63, 3.8) is 0 Å². The molecule has 9 heteroatoms. The van der Waals surface area contributed by atoms with Crippen LogP contribution in [0.3, 0.4) is 0 Å². The topological polar surface area (TPSA) is 111 Å². The van der Waals surface area contributed by atoms with Gasteiger partial charge in [-0.2, -0.15) is 4.72 Å². The van der Waals surface area contributed by atoms with Gasteiger partial charge < -0.3 is 14.8 Å². The molecule has 2 aromatic rings. The third-order valence-electron chi connectivity index (χ3n) is 3.75. The molecule has 0 fully saturated rings. The van der Waals surface area contributed by atoms with Crippen LogP contribution >= 0.6 is 0 Å². The summed E-state index contributed by atoms with van der Waals surface area (Å²) in [5, 5.41) is 2.63. The molecule has 28 heavy (non-hydrogen) atoms. The molecule has 0 saturated carbocycles. The summed E-state index contributed by atoms with van der Waals surface area (Å²) < 4.78 is 36.5. The maximum atomic E-state index is 12.3. The molecule has 0 saturated heterocycles. The van der Waals surface area contributed by atoms with Crippen molar-refractivity contribution in [1.82, 2.24) is 4.72 Å². The fraction of sp³-hybridized carbons (Fsp3) is 0.263. The monoisotopic (exact) mass is 406 g/mol. The molecule has 0 aromatic heterocycles. The molecule has 0 aliphatic rings. The van der Waals surface area contributed by atoms with E-state index in [-0.39, 0.29) is 4.90 Å². The van der Waals surface area contributed by atoms with Gasteiger partial charge in [0.05, 0.1) is 17.7 Å². The van der Waals surface area contributed by atoms with Crippen molar-refractivity contribution < 1.29 is 27.5 Å². The van der Waals surface area contributed by atoms with Crippen molar-refractivity contribution in [3.8, 4) is 5.75 Å². The van der Waals surface area contributed by atoms with Gasteiger partial charge in [0.1, 0.15) is 12.3 Å². The number of sulfonamides is 1. The lowest BCUT2D eigenvalue weighted by atomic mass is 10.2. The number of aryl methyl sites for hydroxylation is 1. The average molecular weight is 406 g/mol. The molecule has 1 amide bonds. The second-order valence-corrected chi connectivity index (χ2v) is 7.73. The van der Waals surface area contributed by atoms with E-state index in [9.17, 15) is 18.0 Å². The lowest BCUT2D eigenvalue weighted by molar-refractivity contribution is -0.151. The molecule has 0 unspecified atom stereocenters. The first kappa shape index (κ1) is 21.4. The number of benzene rings is 2. The molecule has 8 nitrogen and oxygen atoms in total. The van der Waals surface area contributed by atoms with Crippen molar-refractivity contribution in [1.29, 1.82) is 0 Å². The standard InChI is InChI=1S/C19H22N2O6S/c1-13-9-10-17(26-3)16(11-13)21-19(23)14(2)27-18(22)12-20-28(24,25)15-7-5-4-6-8-15/h4-11,14,20H,12H2,1-3H3,(H,21,23)/t14-/m1/s1. The summed E-state index contributed by atoms with van der Waals surface area (Å²) >= 11 is 0. The van der Waals surface area contributed by atoms with Gasteiger partial charge in [-0.15, -0.1) is 0 Å². The normalized spacial score (nSPS) is 12.1. The molecule has 0 aliphatic carbocycles. The Morgan fingerprint density at radius 3 is 2.43 bits per heavy atom. The summed E-state index contributed by atoms with van der Waals surface area (Å²) in [5.41, 5.74) is 1.36. The number of methoxy groups -OCH3 is 1. The van der Waals surface area contributed by atoms with Gasteiger partial charge in [-0.05, 0) is 43.7 Å². The van der Waals surface area contributed by atoms with E-state index in [1.807, 2.05) is 13.0 Å².